The smallest absolute Gasteiger partial charge is 0.410 e. The van der Waals surface area contributed by atoms with Gasteiger partial charge in [-0.25, -0.2) is 4.79 Å². The summed E-state index contributed by atoms with van der Waals surface area (Å²) in [7, 11) is 0. The lowest BCUT2D eigenvalue weighted by Crippen LogP contribution is -2.54. The van der Waals surface area contributed by atoms with Gasteiger partial charge in [0.2, 0.25) is 5.78 Å². The highest BCUT2D eigenvalue weighted by Gasteiger charge is 2.57. The number of thiophene rings is 2. The van der Waals surface area contributed by atoms with Crippen LogP contribution in [0.3, 0.4) is 0 Å². The predicted molar refractivity (Wildman–Crippen MR) is 215 cm³/mol. The largest absolute Gasteiger partial charge is 0.415 e. The molecule has 0 saturated heterocycles. The second-order valence-corrected chi connectivity index (χ2v) is 17.6. The molecule has 8 rings (SSSR count). The van der Waals surface area contributed by atoms with Crippen LogP contribution in [0.15, 0.2) is 102 Å². The maximum Gasteiger partial charge on any atom is 0.415 e. The van der Waals surface area contributed by atoms with Gasteiger partial charge in [0.25, 0.3) is 0 Å². The van der Waals surface area contributed by atoms with Gasteiger partial charge in [-0.3, -0.25) is 4.79 Å². The van der Waals surface area contributed by atoms with Crippen LogP contribution in [-0.2, 0) is 12.8 Å². The van der Waals surface area contributed by atoms with Gasteiger partial charge in [0.1, 0.15) is 5.75 Å². The number of aliphatic hydroxyl groups excluding tert-OH is 1. The van der Waals surface area contributed by atoms with Crippen molar-refractivity contribution in [1.82, 2.24) is 4.90 Å². The number of carbonyl (C=O) groups excluding carboxylic acids is 2. The fourth-order valence-electron chi connectivity index (χ4n) is 8.53. The third-order valence-electron chi connectivity index (χ3n) is 11.7. The molecule has 8 heteroatoms. The molecule has 3 aliphatic carbocycles. The van der Waals surface area contributed by atoms with Gasteiger partial charge in [-0.1, -0.05) is 67.1 Å². The van der Waals surface area contributed by atoms with E-state index in [1.165, 1.54) is 16.9 Å². The van der Waals surface area contributed by atoms with Gasteiger partial charge in [0.05, 0.1) is 23.1 Å². The molecule has 3 aromatic carbocycles. The number of aryl methyl sites for hydroxylation is 1. The summed E-state index contributed by atoms with van der Waals surface area (Å²) in [6.07, 6.45) is 6.33. The van der Waals surface area contributed by atoms with Crippen LogP contribution in [0.2, 0.25) is 0 Å². The van der Waals surface area contributed by atoms with E-state index in [4.69, 9.17) is 4.74 Å². The SMILES string of the molecule is CC1=CCC[C@@]2(C)[C@@H](CC[C@@]2(O)CN(CCc2cccs2)C(=O)Oc2ccc3ccccc3c2)c2ccc(cc2C(=O)c2ccc(C)s2)C[C@@H](O)CC1. The minimum atomic E-state index is -1.26. The predicted octanol–water partition coefficient (Wildman–Crippen LogP) is 10.3. The molecule has 4 atom stereocenters. The zero-order valence-corrected chi connectivity index (χ0v) is 32.5. The van der Waals surface area contributed by atoms with Crippen LogP contribution in [-0.4, -0.2) is 51.8 Å². The van der Waals surface area contributed by atoms with Gasteiger partial charge in [0, 0.05) is 27.3 Å². The number of carbonyl (C=O) groups is 2. The molecule has 1 saturated carbocycles. The Morgan fingerprint density at radius 3 is 2.55 bits per heavy atom. The molecule has 0 unspecified atom stereocenters. The van der Waals surface area contributed by atoms with Crippen LogP contribution in [0.1, 0.15) is 94.4 Å². The van der Waals surface area contributed by atoms with Gasteiger partial charge >= 0.3 is 6.09 Å². The van der Waals surface area contributed by atoms with Crippen LogP contribution in [0.5, 0.6) is 5.75 Å². The summed E-state index contributed by atoms with van der Waals surface area (Å²) in [5.41, 5.74) is 1.79. The molecule has 2 N–H and O–H groups in total. The summed E-state index contributed by atoms with van der Waals surface area (Å²) < 4.78 is 6.06. The molecule has 0 spiro atoms. The molecule has 6 nitrogen and oxygen atoms in total. The number of hydrogen-bond donors (Lipinski definition) is 2. The van der Waals surface area contributed by atoms with Crippen molar-refractivity contribution >= 4 is 45.3 Å². The van der Waals surface area contributed by atoms with Crippen molar-refractivity contribution < 1.29 is 24.5 Å². The molecule has 0 aliphatic heterocycles. The Bertz CT molecular complexity index is 2120. The average Bonchev–Trinajstić information content (AvgIpc) is 3.89. The molecule has 276 valence electrons. The lowest BCUT2D eigenvalue weighted by atomic mass is 9.64. The number of rotatable bonds is 8. The first-order valence-corrected chi connectivity index (χ1v) is 20.5. The summed E-state index contributed by atoms with van der Waals surface area (Å²) in [4.78, 5) is 33.1. The quantitative estimate of drug-likeness (QED) is 0.122. The number of benzene rings is 3. The number of ether oxygens (including phenoxy) is 1. The lowest BCUT2D eigenvalue weighted by Gasteiger charge is -2.46. The van der Waals surface area contributed by atoms with Crippen molar-refractivity contribution in [2.75, 3.05) is 13.1 Å². The summed E-state index contributed by atoms with van der Waals surface area (Å²) >= 11 is 3.15. The molecular formula is C45H49NO5S2. The number of ketones is 1. The highest BCUT2D eigenvalue weighted by Crippen LogP contribution is 2.59. The Kier molecular flexibility index (Phi) is 11.0. The van der Waals surface area contributed by atoms with Crippen molar-refractivity contribution in [1.29, 1.82) is 0 Å². The molecule has 1 fully saturated rings. The first-order chi connectivity index (χ1) is 25.5. The molecular weight excluding hydrogens is 699 g/mol. The minimum Gasteiger partial charge on any atom is -0.410 e. The number of aliphatic hydroxyl groups is 2. The number of hydrogen-bond acceptors (Lipinski definition) is 7. The average molecular weight is 748 g/mol. The molecule has 2 aromatic heterocycles. The van der Waals surface area contributed by atoms with Gasteiger partial charge in [-0.2, -0.15) is 0 Å². The van der Waals surface area contributed by atoms with Crippen LogP contribution >= 0.6 is 22.7 Å². The van der Waals surface area contributed by atoms with Gasteiger partial charge in [0.15, 0.2) is 0 Å². The Hall–Kier alpha value is -4.08. The van der Waals surface area contributed by atoms with E-state index in [1.54, 1.807) is 16.2 Å². The summed E-state index contributed by atoms with van der Waals surface area (Å²) in [6, 6.07) is 27.7. The van der Waals surface area contributed by atoms with Crippen molar-refractivity contribution in [2.24, 2.45) is 5.41 Å². The zero-order valence-electron chi connectivity index (χ0n) is 30.8. The van der Waals surface area contributed by atoms with E-state index in [0.717, 1.165) is 44.5 Å². The van der Waals surface area contributed by atoms with Crippen LogP contribution in [0, 0.1) is 12.3 Å². The first kappa shape index (κ1) is 37.2. The Balaban J connectivity index is 1.26. The maximum atomic E-state index is 14.3. The Morgan fingerprint density at radius 2 is 1.77 bits per heavy atom. The summed E-state index contributed by atoms with van der Waals surface area (Å²) in [5.74, 6) is 0.304. The van der Waals surface area contributed by atoms with Crippen LogP contribution in [0.4, 0.5) is 4.79 Å². The van der Waals surface area contributed by atoms with Crippen molar-refractivity contribution in [3.8, 4) is 5.75 Å². The number of nitrogens with zero attached hydrogens (tertiary/aromatic N) is 1. The summed E-state index contributed by atoms with van der Waals surface area (Å²) in [6.45, 7) is 6.78. The van der Waals surface area contributed by atoms with E-state index in [0.29, 0.717) is 61.3 Å². The third-order valence-corrected chi connectivity index (χ3v) is 13.7. The Labute approximate surface area is 320 Å². The third kappa shape index (κ3) is 8.07. The first-order valence-electron chi connectivity index (χ1n) is 18.8. The van der Waals surface area contributed by atoms with Crippen molar-refractivity contribution in [3.63, 3.8) is 0 Å². The highest BCUT2D eigenvalue weighted by molar-refractivity contribution is 7.14. The van der Waals surface area contributed by atoms with Gasteiger partial charge in [-0.05, 0) is 135 Å². The van der Waals surface area contributed by atoms with Gasteiger partial charge in [-0.15, -0.1) is 22.7 Å². The number of allylic oxidation sites excluding steroid dienone is 2. The molecule has 53 heavy (non-hydrogen) atoms. The molecule has 0 radical (unpaired) electrons. The molecule has 5 aromatic rings. The van der Waals surface area contributed by atoms with E-state index in [9.17, 15) is 19.8 Å². The van der Waals surface area contributed by atoms with Crippen molar-refractivity contribution in [3.05, 3.63) is 133 Å². The van der Waals surface area contributed by atoms with E-state index in [1.807, 2.05) is 79.0 Å². The standard InChI is InChI=1S/C45H49NO5S2/c1-30-8-6-22-44(3)40(38-18-14-32(26-35(47)16-12-30)27-39(38)42(48)41-19-13-31(2)53-41)20-23-45(44,50)29-46(24-21-37-11-7-25-52-37)43(49)51-36-17-15-33-9-4-5-10-34(33)28-36/h4-5,7-11,13-15,17-19,25,27-28,35,40,47,50H,6,12,16,20-24,26,29H2,1-3H3/t35-,40-,44-,45+/m0/s1. The Morgan fingerprint density at radius 1 is 0.943 bits per heavy atom. The van der Waals surface area contributed by atoms with E-state index in [-0.39, 0.29) is 18.2 Å². The van der Waals surface area contributed by atoms with Crippen molar-refractivity contribution in [2.45, 2.75) is 89.8 Å². The number of amides is 1. The minimum absolute atomic E-state index is 0.0217. The molecule has 2 bridgehead atoms. The second kappa shape index (κ2) is 15.7. The zero-order chi connectivity index (χ0) is 37.2. The maximum absolute atomic E-state index is 14.3. The lowest BCUT2D eigenvalue weighted by molar-refractivity contribution is -0.0789. The van der Waals surface area contributed by atoms with Gasteiger partial charge < -0.3 is 19.8 Å². The molecule has 1 amide bonds. The normalized spacial score (nSPS) is 23.3. The number of fused-ring (bicyclic) bond motifs is 9. The fraction of sp³-hybridized carbons (Fsp3) is 0.378. The monoisotopic (exact) mass is 747 g/mol. The second-order valence-electron chi connectivity index (χ2n) is 15.3. The van der Waals surface area contributed by atoms with Crippen LogP contribution in [0.25, 0.3) is 10.8 Å². The van der Waals surface area contributed by atoms with E-state index < -0.39 is 23.2 Å². The fourth-order valence-corrected chi connectivity index (χ4v) is 10.1. The molecule has 2 heterocycles. The highest BCUT2D eigenvalue weighted by atomic mass is 32.1. The topological polar surface area (TPSA) is 87.1 Å². The molecule has 3 aliphatic rings. The summed E-state index contributed by atoms with van der Waals surface area (Å²) in [5, 5.41) is 28.1. The van der Waals surface area contributed by atoms with E-state index in [2.05, 4.69) is 38.1 Å². The van der Waals surface area contributed by atoms with E-state index >= 15 is 0 Å². The van der Waals surface area contributed by atoms with Crippen LogP contribution < -0.4 is 4.74 Å².